The molecule has 1 atom stereocenters. The molecule has 1 aliphatic carbocycles. The fourth-order valence-corrected chi connectivity index (χ4v) is 2.05. The summed E-state index contributed by atoms with van der Waals surface area (Å²) in [6.45, 7) is 0.127. The van der Waals surface area contributed by atoms with Gasteiger partial charge in [0.25, 0.3) is 11.6 Å². The van der Waals surface area contributed by atoms with Crippen LogP contribution in [-0.4, -0.2) is 23.4 Å². The average molecular weight is 354 g/mol. The molecule has 128 valence electrons. The highest BCUT2D eigenvalue weighted by Crippen LogP contribution is 2.33. The van der Waals surface area contributed by atoms with Crippen molar-refractivity contribution in [2.75, 3.05) is 6.54 Å². The standard InChI is InChI=1S/C13H14F3N3O3.ClH/c14-13(15,16)8-3-4-9(11(5-8)19(21)22)12(20)18-6-10(17)7-1-2-7;/h3-5,7,10H,1-2,6,17H2,(H,18,20);1H. The van der Waals surface area contributed by atoms with Crippen LogP contribution in [-0.2, 0) is 6.18 Å². The quantitative estimate of drug-likeness (QED) is 0.627. The molecule has 1 aromatic carbocycles. The number of nitro groups is 1. The summed E-state index contributed by atoms with van der Waals surface area (Å²) in [5.74, 6) is -0.487. The Kier molecular flexibility index (Phi) is 5.95. The molecule has 0 spiro atoms. The Hall–Kier alpha value is -1.87. The molecule has 6 nitrogen and oxygen atoms in total. The number of benzene rings is 1. The summed E-state index contributed by atoms with van der Waals surface area (Å²) in [6, 6.07) is 1.55. The van der Waals surface area contributed by atoms with Crippen molar-refractivity contribution in [2.45, 2.75) is 25.1 Å². The van der Waals surface area contributed by atoms with Crippen molar-refractivity contribution in [2.24, 2.45) is 11.7 Å². The first-order valence-electron chi connectivity index (χ1n) is 6.59. The molecule has 0 radical (unpaired) electrons. The van der Waals surface area contributed by atoms with Crippen LogP contribution in [0.2, 0.25) is 0 Å². The summed E-state index contributed by atoms with van der Waals surface area (Å²) in [5.41, 5.74) is 3.31. The highest BCUT2D eigenvalue weighted by Gasteiger charge is 2.34. The number of nitrogens with two attached hydrogens (primary N) is 1. The van der Waals surface area contributed by atoms with E-state index in [4.69, 9.17) is 5.73 Å². The number of amides is 1. The smallest absolute Gasteiger partial charge is 0.350 e. The molecule has 0 aromatic heterocycles. The Morgan fingerprint density at radius 2 is 2.04 bits per heavy atom. The normalized spacial score (nSPS) is 15.5. The number of hydrogen-bond acceptors (Lipinski definition) is 4. The molecule has 10 heteroatoms. The van der Waals surface area contributed by atoms with Crippen molar-refractivity contribution >= 4 is 24.0 Å². The SMILES string of the molecule is Cl.NC(CNC(=O)c1ccc(C(F)(F)F)cc1[N+](=O)[O-])C1CC1. The Morgan fingerprint density at radius 3 is 2.52 bits per heavy atom. The van der Waals surface area contributed by atoms with Crippen LogP contribution in [0.4, 0.5) is 18.9 Å². The van der Waals surface area contributed by atoms with Crippen molar-refractivity contribution in [3.63, 3.8) is 0 Å². The van der Waals surface area contributed by atoms with E-state index in [9.17, 15) is 28.1 Å². The van der Waals surface area contributed by atoms with Crippen molar-refractivity contribution in [3.8, 4) is 0 Å². The highest BCUT2D eigenvalue weighted by molar-refractivity contribution is 5.98. The predicted octanol–water partition coefficient (Wildman–Crippen LogP) is 2.50. The van der Waals surface area contributed by atoms with Crippen LogP contribution in [0.3, 0.4) is 0 Å². The lowest BCUT2D eigenvalue weighted by atomic mass is 10.1. The number of rotatable bonds is 5. The fraction of sp³-hybridized carbons (Fsp3) is 0.462. The molecule has 23 heavy (non-hydrogen) atoms. The van der Waals surface area contributed by atoms with Crippen molar-refractivity contribution in [1.82, 2.24) is 5.32 Å². The second-order valence-electron chi connectivity index (χ2n) is 5.20. The maximum Gasteiger partial charge on any atom is 0.416 e. The van der Waals surface area contributed by atoms with E-state index in [1.165, 1.54) is 0 Å². The minimum absolute atomic E-state index is 0. The van der Waals surface area contributed by atoms with Gasteiger partial charge in [-0.15, -0.1) is 12.4 Å². The molecule has 1 aromatic rings. The minimum atomic E-state index is -4.71. The molecule has 0 heterocycles. The molecule has 1 unspecified atom stereocenters. The van der Waals surface area contributed by atoms with Crippen LogP contribution < -0.4 is 11.1 Å². The Balaban J connectivity index is 0.00000264. The van der Waals surface area contributed by atoms with Crippen LogP contribution in [0.1, 0.15) is 28.8 Å². The van der Waals surface area contributed by atoms with Crippen LogP contribution in [0.5, 0.6) is 0 Å². The highest BCUT2D eigenvalue weighted by atomic mass is 35.5. The van der Waals surface area contributed by atoms with Crippen LogP contribution in [0.15, 0.2) is 18.2 Å². The maximum atomic E-state index is 12.6. The lowest BCUT2D eigenvalue weighted by Gasteiger charge is -2.12. The van der Waals surface area contributed by atoms with E-state index in [0.717, 1.165) is 18.9 Å². The second-order valence-corrected chi connectivity index (χ2v) is 5.20. The van der Waals surface area contributed by atoms with Crippen LogP contribution in [0, 0.1) is 16.0 Å². The first-order chi connectivity index (χ1) is 10.2. The Bertz CT molecular complexity index is 606. The van der Waals surface area contributed by atoms with Gasteiger partial charge >= 0.3 is 6.18 Å². The van der Waals surface area contributed by atoms with Crippen molar-refractivity contribution in [3.05, 3.63) is 39.4 Å². The lowest BCUT2D eigenvalue weighted by molar-refractivity contribution is -0.385. The number of carbonyl (C=O) groups excluding carboxylic acids is 1. The molecule has 0 aliphatic heterocycles. The average Bonchev–Trinajstić information content (AvgIpc) is 3.27. The summed E-state index contributed by atoms with van der Waals surface area (Å²) in [5, 5.41) is 13.3. The molecule has 1 aliphatic rings. The van der Waals surface area contributed by atoms with Crippen molar-refractivity contribution in [1.29, 1.82) is 0 Å². The summed E-state index contributed by atoms with van der Waals surface area (Å²) < 4.78 is 37.7. The molecular formula is C13H15ClF3N3O3. The zero-order chi connectivity index (χ0) is 16.5. The zero-order valence-corrected chi connectivity index (χ0v) is 12.6. The number of nitrogens with zero attached hydrogens (tertiary/aromatic N) is 1. The molecule has 1 fully saturated rings. The fourth-order valence-electron chi connectivity index (χ4n) is 2.05. The molecule has 0 bridgehead atoms. The largest absolute Gasteiger partial charge is 0.416 e. The van der Waals surface area contributed by atoms with Gasteiger partial charge in [-0.05, 0) is 30.9 Å². The van der Waals surface area contributed by atoms with Gasteiger partial charge in [-0.1, -0.05) is 0 Å². The van der Waals surface area contributed by atoms with Gasteiger partial charge in [-0.2, -0.15) is 13.2 Å². The van der Waals surface area contributed by atoms with Crippen LogP contribution in [0.25, 0.3) is 0 Å². The number of alkyl halides is 3. The molecular weight excluding hydrogens is 339 g/mol. The number of carbonyl (C=O) groups is 1. The van der Waals surface area contributed by atoms with E-state index >= 15 is 0 Å². The van der Waals surface area contributed by atoms with Gasteiger partial charge < -0.3 is 11.1 Å². The van der Waals surface area contributed by atoms with Gasteiger partial charge in [-0.3, -0.25) is 14.9 Å². The predicted molar refractivity (Wildman–Crippen MR) is 78.4 cm³/mol. The first kappa shape index (κ1) is 19.2. The third-order valence-corrected chi connectivity index (χ3v) is 3.49. The lowest BCUT2D eigenvalue weighted by Crippen LogP contribution is -2.38. The monoisotopic (exact) mass is 353 g/mol. The third kappa shape index (κ3) is 4.80. The van der Waals surface area contributed by atoms with Gasteiger partial charge in [0.05, 0.1) is 10.5 Å². The molecule has 3 N–H and O–H groups in total. The number of nitro benzene ring substituents is 1. The Labute approximate surface area is 135 Å². The van der Waals surface area contributed by atoms with E-state index in [0.29, 0.717) is 18.1 Å². The topological polar surface area (TPSA) is 98.3 Å². The molecule has 1 amide bonds. The summed E-state index contributed by atoms with van der Waals surface area (Å²) in [4.78, 5) is 21.8. The minimum Gasteiger partial charge on any atom is -0.350 e. The number of halogens is 4. The van der Waals surface area contributed by atoms with Gasteiger partial charge in [0.2, 0.25) is 0 Å². The Morgan fingerprint density at radius 1 is 1.43 bits per heavy atom. The molecule has 0 saturated heterocycles. The van der Waals surface area contributed by atoms with E-state index in [2.05, 4.69) is 5.32 Å². The first-order valence-corrected chi connectivity index (χ1v) is 6.59. The van der Waals surface area contributed by atoms with E-state index in [-0.39, 0.29) is 25.0 Å². The zero-order valence-electron chi connectivity index (χ0n) is 11.8. The summed E-state index contributed by atoms with van der Waals surface area (Å²) in [6.07, 6.45) is -2.77. The van der Waals surface area contributed by atoms with Gasteiger partial charge in [0.1, 0.15) is 5.56 Å². The number of hydrogen-bond donors (Lipinski definition) is 2. The van der Waals surface area contributed by atoms with Crippen LogP contribution >= 0.6 is 12.4 Å². The molecule has 1 saturated carbocycles. The number of nitrogens with one attached hydrogen (secondary N) is 1. The van der Waals surface area contributed by atoms with Crippen molar-refractivity contribution < 1.29 is 22.9 Å². The van der Waals surface area contributed by atoms with E-state index in [1.807, 2.05) is 0 Å². The third-order valence-electron chi connectivity index (χ3n) is 3.49. The summed E-state index contributed by atoms with van der Waals surface area (Å²) >= 11 is 0. The second kappa shape index (κ2) is 7.14. The maximum absolute atomic E-state index is 12.6. The molecule has 2 rings (SSSR count). The van der Waals surface area contributed by atoms with Gasteiger partial charge in [0.15, 0.2) is 0 Å². The van der Waals surface area contributed by atoms with E-state index < -0.39 is 33.8 Å². The van der Waals surface area contributed by atoms with Gasteiger partial charge in [-0.25, -0.2) is 0 Å². The summed E-state index contributed by atoms with van der Waals surface area (Å²) in [7, 11) is 0. The van der Waals surface area contributed by atoms with E-state index in [1.54, 1.807) is 0 Å². The van der Waals surface area contributed by atoms with Gasteiger partial charge in [0, 0.05) is 18.7 Å².